The standard InChI is InChI=1S/C13H17N3O3S/c17-13-9-16(7-6-15-13)20(18,19)11-4-3-10-2-1-5-14-12(10)8-11/h3-4,8,14H,1-2,5-7,9H2,(H,15,17). The van der Waals surface area contributed by atoms with Crippen molar-refractivity contribution < 1.29 is 13.2 Å². The number of rotatable bonds is 2. The van der Waals surface area contributed by atoms with Crippen LogP contribution in [-0.4, -0.2) is 44.8 Å². The maximum atomic E-state index is 12.5. The largest absolute Gasteiger partial charge is 0.385 e. The summed E-state index contributed by atoms with van der Waals surface area (Å²) in [5.41, 5.74) is 2.03. The predicted octanol–water partition coefficient (Wildman–Crippen LogP) is 0.165. The van der Waals surface area contributed by atoms with Crippen LogP contribution in [0.3, 0.4) is 0 Å². The number of fused-ring (bicyclic) bond motifs is 1. The third kappa shape index (κ3) is 2.38. The Morgan fingerprint density at radius 2 is 2.00 bits per heavy atom. The van der Waals surface area contributed by atoms with Crippen LogP contribution in [0.2, 0.25) is 0 Å². The van der Waals surface area contributed by atoms with E-state index in [2.05, 4.69) is 10.6 Å². The van der Waals surface area contributed by atoms with E-state index in [1.807, 2.05) is 6.07 Å². The molecule has 0 unspecified atom stereocenters. The maximum Gasteiger partial charge on any atom is 0.243 e. The third-order valence-corrected chi connectivity index (χ3v) is 5.50. The minimum atomic E-state index is -3.60. The van der Waals surface area contributed by atoms with Gasteiger partial charge in [0.25, 0.3) is 0 Å². The van der Waals surface area contributed by atoms with Gasteiger partial charge in [-0.15, -0.1) is 0 Å². The lowest BCUT2D eigenvalue weighted by molar-refractivity contribution is -0.122. The molecule has 2 aliphatic rings. The maximum absolute atomic E-state index is 12.5. The van der Waals surface area contributed by atoms with Gasteiger partial charge in [0, 0.05) is 25.3 Å². The Kier molecular flexibility index (Phi) is 3.39. The summed E-state index contributed by atoms with van der Waals surface area (Å²) in [4.78, 5) is 11.6. The van der Waals surface area contributed by atoms with Crippen LogP contribution in [0.5, 0.6) is 0 Å². The molecule has 0 aromatic heterocycles. The number of nitrogens with one attached hydrogen (secondary N) is 2. The van der Waals surface area contributed by atoms with E-state index < -0.39 is 10.0 Å². The molecule has 1 aromatic rings. The van der Waals surface area contributed by atoms with Crippen LogP contribution in [0, 0.1) is 0 Å². The van der Waals surface area contributed by atoms with E-state index in [0.29, 0.717) is 13.1 Å². The van der Waals surface area contributed by atoms with Gasteiger partial charge in [0.2, 0.25) is 15.9 Å². The highest BCUT2D eigenvalue weighted by Gasteiger charge is 2.29. The van der Waals surface area contributed by atoms with Crippen molar-refractivity contribution in [3.8, 4) is 0 Å². The minimum absolute atomic E-state index is 0.104. The average molecular weight is 295 g/mol. The Morgan fingerprint density at radius 1 is 1.15 bits per heavy atom. The topological polar surface area (TPSA) is 78.5 Å². The molecule has 2 heterocycles. The van der Waals surface area contributed by atoms with Gasteiger partial charge in [-0.3, -0.25) is 4.79 Å². The van der Waals surface area contributed by atoms with Crippen LogP contribution in [-0.2, 0) is 21.2 Å². The zero-order chi connectivity index (χ0) is 14.2. The molecular weight excluding hydrogens is 278 g/mol. The number of sulfonamides is 1. The van der Waals surface area contributed by atoms with Gasteiger partial charge in [0.05, 0.1) is 11.4 Å². The van der Waals surface area contributed by atoms with E-state index in [9.17, 15) is 13.2 Å². The third-order valence-electron chi connectivity index (χ3n) is 3.66. The number of hydrogen-bond acceptors (Lipinski definition) is 4. The summed E-state index contributed by atoms with van der Waals surface area (Å²) < 4.78 is 26.3. The molecule has 7 heteroatoms. The summed E-state index contributed by atoms with van der Waals surface area (Å²) in [5.74, 6) is -0.254. The molecule has 0 atom stereocenters. The normalized spacial score (nSPS) is 19.9. The van der Waals surface area contributed by atoms with E-state index in [1.165, 1.54) is 4.31 Å². The summed E-state index contributed by atoms with van der Waals surface area (Å²) in [5, 5.41) is 5.85. The number of hydrogen-bond donors (Lipinski definition) is 2. The van der Waals surface area contributed by atoms with Crippen LogP contribution < -0.4 is 10.6 Å². The number of benzene rings is 1. The molecule has 6 nitrogen and oxygen atoms in total. The Bertz CT molecular complexity index is 642. The first-order chi connectivity index (χ1) is 9.57. The molecule has 0 radical (unpaired) electrons. The SMILES string of the molecule is O=C1CN(S(=O)(=O)c2ccc3c(c2)NCCC3)CCN1. The van der Waals surface area contributed by atoms with Gasteiger partial charge >= 0.3 is 0 Å². The van der Waals surface area contributed by atoms with Crippen LogP contribution in [0.4, 0.5) is 5.69 Å². The fourth-order valence-corrected chi connectivity index (χ4v) is 3.99. The molecule has 0 aliphatic carbocycles. The van der Waals surface area contributed by atoms with Gasteiger partial charge < -0.3 is 10.6 Å². The molecule has 2 N–H and O–H groups in total. The van der Waals surface area contributed by atoms with Crippen molar-refractivity contribution in [3.63, 3.8) is 0 Å². The van der Waals surface area contributed by atoms with Gasteiger partial charge in [-0.2, -0.15) is 4.31 Å². The Hall–Kier alpha value is -1.60. The lowest BCUT2D eigenvalue weighted by atomic mass is 10.0. The summed E-state index contributed by atoms with van der Waals surface area (Å²) in [6, 6.07) is 5.17. The highest BCUT2D eigenvalue weighted by atomic mass is 32.2. The van der Waals surface area contributed by atoms with E-state index in [-0.39, 0.29) is 17.3 Å². The van der Waals surface area contributed by atoms with Crippen molar-refractivity contribution in [1.82, 2.24) is 9.62 Å². The molecule has 3 rings (SSSR count). The Labute approximate surface area is 118 Å². The molecule has 1 fully saturated rings. The molecule has 1 saturated heterocycles. The van der Waals surface area contributed by atoms with Crippen molar-refractivity contribution in [2.45, 2.75) is 17.7 Å². The van der Waals surface area contributed by atoms with E-state index >= 15 is 0 Å². The second-order valence-electron chi connectivity index (χ2n) is 5.04. The first-order valence-electron chi connectivity index (χ1n) is 6.71. The lowest BCUT2D eigenvalue weighted by Gasteiger charge is -2.26. The van der Waals surface area contributed by atoms with Gasteiger partial charge in [0.15, 0.2) is 0 Å². The number of aryl methyl sites for hydroxylation is 1. The molecular formula is C13H17N3O3S. The Balaban J connectivity index is 1.92. The summed E-state index contributed by atoms with van der Waals surface area (Å²) in [6.07, 6.45) is 2.03. The van der Waals surface area contributed by atoms with E-state index in [4.69, 9.17) is 0 Å². The second kappa shape index (κ2) is 5.06. The Morgan fingerprint density at radius 3 is 2.80 bits per heavy atom. The van der Waals surface area contributed by atoms with Crippen LogP contribution in [0.1, 0.15) is 12.0 Å². The monoisotopic (exact) mass is 295 g/mol. The molecule has 20 heavy (non-hydrogen) atoms. The van der Waals surface area contributed by atoms with Crippen molar-refractivity contribution in [2.24, 2.45) is 0 Å². The number of carbonyl (C=O) groups is 1. The molecule has 108 valence electrons. The lowest BCUT2D eigenvalue weighted by Crippen LogP contribution is -2.49. The molecule has 1 amide bonds. The fraction of sp³-hybridized carbons (Fsp3) is 0.462. The molecule has 1 aromatic carbocycles. The van der Waals surface area contributed by atoms with Gasteiger partial charge in [0.1, 0.15) is 0 Å². The number of nitrogens with zero attached hydrogens (tertiary/aromatic N) is 1. The average Bonchev–Trinajstić information content (AvgIpc) is 2.46. The number of anilines is 1. The van der Waals surface area contributed by atoms with Crippen molar-refractivity contribution >= 4 is 21.6 Å². The highest BCUT2D eigenvalue weighted by Crippen LogP contribution is 2.26. The molecule has 2 aliphatic heterocycles. The number of amides is 1. The second-order valence-corrected chi connectivity index (χ2v) is 6.98. The first kappa shape index (κ1) is 13.4. The molecule has 0 spiro atoms. The smallest absolute Gasteiger partial charge is 0.243 e. The van der Waals surface area contributed by atoms with E-state index in [0.717, 1.165) is 30.6 Å². The van der Waals surface area contributed by atoms with Crippen LogP contribution in [0.15, 0.2) is 23.1 Å². The summed E-state index contributed by atoms with van der Waals surface area (Å²) in [7, 11) is -3.60. The van der Waals surface area contributed by atoms with E-state index in [1.54, 1.807) is 12.1 Å². The zero-order valence-electron chi connectivity index (χ0n) is 11.1. The highest BCUT2D eigenvalue weighted by molar-refractivity contribution is 7.89. The van der Waals surface area contributed by atoms with Gasteiger partial charge in [-0.25, -0.2) is 8.42 Å². The van der Waals surface area contributed by atoms with Gasteiger partial charge in [-0.1, -0.05) is 6.07 Å². The molecule has 0 bridgehead atoms. The van der Waals surface area contributed by atoms with Crippen molar-refractivity contribution in [2.75, 3.05) is 31.5 Å². The zero-order valence-corrected chi connectivity index (χ0v) is 11.9. The quantitative estimate of drug-likeness (QED) is 0.815. The van der Waals surface area contributed by atoms with Crippen LogP contribution in [0.25, 0.3) is 0 Å². The first-order valence-corrected chi connectivity index (χ1v) is 8.15. The van der Waals surface area contributed by atoms with Gasteiger partial charge in [-0.05, 0) is 30.5 Å². The molecule has 0 saturated carbocycles. The predicted molar refractivity (Wildman–Crippen MR) is 75.0 cm³/mol. The van der Waals surface area contributed by atoms with Crippen LogP contribution >= 0.6 is 0 Å². The number of piperazine rings is 1. The fourth-order valence-electron chi connectivity index (χ4n) is 2.57. The summed E-state index contributed by atoms with van der Waals surface area (Å²) in [6.45, 7) is 1.44. The van der Waals surface area contributed by atoms with Crippen molar-refractivity contribution in [1.29, 1.82) is 0 Å². The minimum Gasteiger partial charge on any atom is -0.385 e. The van der Waals surface area contributed by atoms with Crippen molar-refractivity contribution in [3.05, 3.63) is 23.8 Å². The number of carbonyl (C=O) groups excluding carboxylic acids is 1. The summed E-state index contributed by atoms with van der Waals surface area (Å²) >= 11 is 0.